The van der Waals surface area contributed by atoms with Gasteiger partial charge in [-0.25, -0.2) is 17.2 Å². The molecule has 9 nitrogen and oxygen atoms in total. The van der Waals surface area contributed by atoms with Crippen molar-refractivity contribution in [3.63, 3.8) is 0 Å². The molecule has 0 bridgehead atoms. The van der Waals surface area contributed by atoms with Gasteiger partial charge in [-0.3, -0.25) is 13.9 Å². The molecule has 1 unspecified atom stereocenters. The molecule has 12 heteroatoms. The maximum absolute atomic E-state index is 14.7. The maximum atomic E-state index is 14.7. The number of amides is 2. The molecule has 0 aliphatic heterocycles. The predicted molar refractivity (Wildman–Crippen MR) is 155 cm³/mol. The highest BCUT2D eigenvalue weighted by atomic mass is 32.2. The SMILES string of the molecule is COc1ccc(S(=O)(=O)N(CC(=O)N(Cc2ccccc2F)C(C)C(=O)NC(C)(C)C)c2ccc(F)cc2)cc1OC. The van der Waals surface area contributed by atoms with Crippen LogP contribution < -0.4 is 19.1 Å². The van der Waals surface area contributed by atoms with E-state index in [0.29, 0.717) is 0 Å². The van der Waals surface area contributed by atoms with E-state index in [1.54, 1.807) is 26.8 Å². The summed E-state index contributed by atoms with van der Waals surface area (Å²) in [4.78, 5) is 27.9. The van der Waals surface area contributed by atoms with Gasteiger partial charge in [0.2, 0.25) is 11.8 Å². The Morgan fingerprint density at radius 2 is 1.55 bits per heavy atom. The first-order chi connectivity index (χ1) is 19.7. The number of ether oxygens (including phenoxy) is 2. The molecule has 0 aliphatic carbocycles. The first-order valence-electron chi connectivity index (χ1n) is 13.0. The van der Waals surface area contributed by atoms with Crippen molar-refractivity contribution in [1.82, 2.24) is 10.2 Å². The number of methoxy groups -OCH3 is 2. The number of halogens is 2. The molecular weight excluding hydrogens is 568 g/mol. The number of rotatable bonds is 11. The van der Waals surface area contributed by atoms with Crippen LogP contribution in [0.15, 0.2) is 71.6 Å². The van der Waals surface area contributed by atoms with Crippen LogP contribution in [0.5, 0.6) is 11.5 Å². The van der Waals surface area contributed by atoms with Crippen molar-refractivity contribution in [2.24, 2.45) is 0 Å². The Balaban J connectivity index is 2.09. The number of carbonyl (C=O) groups is 2. The maximum Gasteiger partial charge on any atom is 0.264 e. The molecule has 0 fully saturated rings. The highest BCUT2D eigenvalue weighted by Crippen LogP contribution is 2.32. The summed E-state index contributed by atoms with van der Waals surface area (Å²) >= 11 is 0. The first-order valence-corrected chi connectivity index (χ1v) is 14.5. The van der Waals surface area contributed by atoms with Crippen molar-refractivity contribution in [3.8, 4) is 11.5 Å². The average Bonchev–Trinajstić information content (AvgIpc) is 2.94. The highest BCUT2D eigenvalue weighted by molar-refractivity contribution is 7.92. The van der Waals surface area contributed by atoms with Crippen molar-refractivity contribution in [1.29, 1.82) is 0 Å². The van der Waals surface area contributed by atoms with E-state index in [1.165, 1.54) is 69.7 Å². The zero-order valence-electron chi connectivity index (χ0n) is 24.4. The average molecular weight is 604 g/mol. The molecule has 0 radical (unpaired) electrons. The van der Waals surface area contributed by atoms with E-state index in [-0.39, 0.29) is 34.2 Å². The van der Waals surface area contributed by atoms with Crippen LogP contribution in [0.2, 0.25) is 0 Å². The second-order valence-corrected chi connectivity index (χ2v) is 12.4. The number of nitrogens with one attached hydrogen (secondary N) is 1. The van der Waals surface area contributed by atoms with E-state index in [0.717, 1.165) is 21.3 Å². The fourth-order valence-electron chi connectivity index (χ4n) is 4.11. The zero-order chi connectivity index (χ0) is 31.2. The van der Waals surface area contributed by atoms with Gasteiger partial charge in [0.1, 0.15) is 24.2 Å². The van der Waals surface area contributed by atoms with Crippen LogP contribution in [0.1, 0.15) is 33.3 Å². The van der Waals surface area contributed by atoms with Crippen LogP contribution >= 0.6 is 0 Å². The molecule has 0 aliphatic rings. The van der Waals surface area contributed by atoms with Gasteiger partial charge in [-0.05, 0) is 70.2 Å². The largest absolute Gasteiger partial charge is 0.493 e. The van der Waals surface area contributed by atoms with Crippen LogP contribution in [0.4, 0.5) is 14.5 Å². The predicted octanol–water partition coefficient (Wildman–Crippen LogP) is 4.51. The summed E-state index contributed by atoms with van der Waals surface area (Å²) in [5, 5.41) is 2.80. The van der Waals surface area contributed by atoms with E-state index < -0.39 is 51.6 Å². The summed E-state index contributed by atoms with van der Waals surface area (Å²) in [6.07, 6.45) is 0. The lowest BCUT2D eigenvalue weighted by Gasteiger charge is -2.33. The molecule has 42 heavy (non-hydrogen) atoms. The molecule has 226 valence electrons. The normalized spacial score (nSPS) is 12.3. The van der Waals surface area contributed by atoms with E-state index in [9.17, 15) is 26.8 Å². The number of hydrogen-bond donors (Lipinski definition) is 1. The summed E-state index contributed by atoms with van der Waals surface area (Å²) in [6.45, 7) is 5.71. The zero-order valence-corrected chi connectivity index (χ0v) is 25.2. The molecule has 3 aromatic carbocycles. The quantitative estimate of drug-likeness (QED) is 0.346. The van der Waals surface area contributed by atoms with Gasteiger partial charge in [0, 0.05) is 23.7 Å². The number of hydrogen-bond acceptors (Lipinski definition) is 6. The number of benzene rings is 3. The number of sulfonamides is 1. The van der Waals surface area contributed by atoms with Gasteiger partial charge in [0.25, 0.3) is 10.0 Å². The summed E-state index contributed by atoms with van der Waals surface area (Å²) in [5.74, 6) is -2.08. The van der Waals surface area contributed by atoms with Gasteiger partial charge in [-0.15, -0.1) is 0 Å². The van der Waals surface area contributed by atoms with E-state index in [2.05, 4.69) is 5.32 Å². The topological polar surface area (TPSA) is 105 Å². The fraction of sp³-hybridized carbons (Fsp3) is 0.333. The van der Waals surface area contributed by atoms with Gasteiger partial charge in [0.05, 0.1) is 24.8 Å². The second kappa shape index (κ2) is 13.2. The smallest absolute Gasteiger partial charge is 0.264 e. The van der Waals surface area contributed by atoms with Crippen molar-refractivity contribution < 1.29 is 36.3 Å². The number of carbonyl (C=O) groups excluding carboxylic acids is 2. The van der Waals surface area contributed by atoms with Crippen LogP contribution in [-0.2, 0) is 26.2 Å². The monoisotopic (exact) mass is 603 g/mol. The Bertz CT molecular complexity index is 1520. The van der Waals surface area contributed by atoms with Crippen LogP contribution in [0.25, 0.3) is 0 Å². The lowest BCUT2D eigenvalue weighted by Crippen LogP contribution is -2.54. The van der Waals surface area contributed by atoms with Crippen molar-refractivity contribution in [3.05, 3.63) is 83.9 Å². The standard InChI is InChI=1S/C30H35F2N3O6S/c1-20(29(37)33-30(2,3)4)34(18-21-9-7-8-10-25(21)32)28(36)19-35(23-13-11-22(31)12-14-23)42(38,39)24-15-16-26(40-5)27(17-24)41-6/h7-17,20H,18-19H2,1-6H3,(H,33,37). The van der Waals surface area contributed by atoms with E-state index in [4.69, 9.17) is 9.47 Å². The molecule has 1 N–H and O–H groups in total. The first kappa shape index (κ1) is 32.3. The summed E-state index contributed by atoms with van der Waals surface area (Å²) in [6, 6.07) is 13.2. The van der Waals surface area contributed by atoms with Gasteiger partial charge in [-0.1, -0.05) is 18.2 Å². The third-order valence-electron chi connectivity index (χ3n) is 6.30. The van der Waals surface area contributed by atoms with Gasteiger partial charge in [0.15, 0.2) is 11.5 Å². The Kier molecular flexibility index (Phi) is 10.2. The lowest BCUT2D eigenvalue weighted by atomic mass is 10.1. The third kappa shape index (κ3) is 7.75. The second-order valence-electron chi connectivity index (χ2n) is 10.5. The van der Waals surface area contributed by atoms with Gasteiger partial charge < -0.3 is 19.7 Å². The molecule has 0 saturated heterocycles. The van der Waals surface area contributed by atoms with Gasteiger partial charge >= 0.3 is 0 Å². The third-order valence-corrected chi connectivity index (χ3v) is 8.07. The van der Waals surface area contributed by atoms with Crippen LogP contribution in [-0.4, -0.2) is 57.5 Å². The molecule has 0 heterocycles. The lowest BCUT2D eigenvalue weighted by molar-refractivity contribution is -0.140. The van der Waals surface area contributed by atoms with Crippen LogP contribution in [0.3, 0.4) is 0 Å². The van der Waals surface area contributed by atoms with Crippen molar-refractivity contribution in [2.75, 3.05) is 25.1 Å². The summed E-state index contributed by atoms with van der Waals surface area (Å²) in [7, 11) is -1.71. The fourth-order valence-corrected chi connectivity index (χ4v) is 5.54. The van der Waals surface area contributed by atoms with E-state index in [1.807, 2.05) is 0 Å². The van der Waals surface area contributed by atoms with Gasteiger partial charge in [-0.2, -0.15) is 0 Å². The van der Waals surface area contributed by atoms with E-state index >= 15 is 0 Å². The summed E-state index contributed by atoms with van der Waals surface area (Å²) in [5.41, 5.74) is -0.496. The molecule has 3 rings (SSSR count). The Hall–Kier alpha value is -4.19. The number of anilines is 1. The minimum atomic E-state index is -4.46. The summed E-state index contributed by atoms with van der Waals surface area (Å²) < 4.78 is 67.7. The number of nitrogens with zero attached hydrogens (tertiary/aromatic N) is 2. The Morgan fingerprint density at radius 1 is 0.929 bits per heavy atom. The van der Waals surface area contributed by atoms with Crippen LogP contribution in [0, 0.1) is 11.6 Å². The molecule has 0 spiro atoms. The molecule has 1 atom stereocenters. The minimum absolute atomic E-state index is 0.00262. The molecule has 0 saturated carbocycles. The Labute approximate surface area is 245 Å². The Morgan fingerprint density at radius 3 is 2.12 bits per heavy atom. The highest BCUT2D eigenvalue weighted by Gasteiger charge is 2.34. The molecule has 2 amide bonds. The minimum Gasteiger partial charge on any atom is -0.493 e. The molecule has 3 aromatic rings. The van der Waals surface area contributed by atoms with Crippen molar-refractivity contribution >= 4 is 27.5 Å². The molecule has 0 aromatic heterocycles. The molecular formula is C30H35F2N3O6S. The van der Waals surface area contributed by atoms with Crippen molar-refractivity contribution in [2.45, 2.75) is 50.7 Å².